The molecule has 0 aliphatic rings. The van der Waals surface area contributed by atoms with Gasteiger partial charge in [-0.05, 0) is 61.6 Å². The fourth-order valence-electron chi connectivity index (χ4n) is 2.26. The minimum atomic E-state index is -0.435. The zero-order valence-electron chi connectivity index (χ0n) is 12.0. The lowest BCUT2D eigenvalue weighted by Crippen LogP contribution is -2.35. The first kappa shape index (κ1) is 15.6. The van der Waals surface area contributed by atoms with Crippen molar-refractivity contribution in [2.45, 2.75) is 32.7 Å². The predicted octanol–water partition coefficient (Wildman–Crippen LogP) is 5.14. The van der Waals surface area contributed by atoms with E-state index in [9.17, 15) is 0 Å². The van der Waals surface area contributed by atoms with Crippen molar-refractivity contribution in [1.82, 2.24) is 0 Å². The van der Waals surface area contributed by atoms with E-state index >= 15 is 0 Å². The average molecular weight is 353 g/mol. The summed E-state index contributed by atoms with van der Waals surface area (Å²) in [7, 11) is 0. The lowest BCUT2D eigenvalue weighted by molar-refractivity contribution is 0.491. The molecular formula is C17H19BrClN. The van der Waals surface area contributed by atoms with Gasteiger partial charge in [0.1, 0.15) is 0 Å². The molecular weight excluding hydrogens is 334 g/mol. The molecule has 0 fully saturated rings. The van der Waals surface area contributed by atoms with Crippen LogP contribution in [0.25, 0.3) is 0 Å². The van der Waals surface area contributed by atoms with E-state index in [-0.39, 0.29) is 0 Å². The van der Waals surface area contributed by atoms with Gasteiger partial charge in [-0.15, -0.1) is 0 Å². The Labute approximate surface area is 134 Å². The van der Waals surface area contributed by atoms with Gasteiger partial charge in [-0.1, -0.05) is 51.8 Å². The van der Waals surface area contributed by atoms with Crippen molar-refractivity contribution in [1.29, 1.82) is 0 Å². The van der Waals surface area contributed by atoms with E-state index in [0.29, 0.717) is 6.42 Å². The molecule has 0 saturated carbocycles. The molecule has 0 aliphatic heterocycles. The number of hydrogen-bond donors (Lipinski definition) is 1. The van der Waals surface area contributed by atoms with Gasteiger partial charge in [0, 0.05) is 15.0 Å². The highest BCUT2D eigenvalue weighted by molar-refractivity contribution is 9.10. The molecule has 0 amide bonds. The number of nitrogens with two attached hydrogens (primary N) is 1. The maximum absolute atomic E-state index is 6.53. The first-order chi connectivity index (χ1) is 9.29. The lowest BCUT2D eigenvalue weighted by Gasteiger charge is -2.27. The molecule has 106 valence electrons. The van der Waals surface area contributed by atoms with Gasteiger partial charge in [0.2, 0.25) is 0 Å². The van der Waals surface area contributed by atoms with Gasteiger partial charge >= 0.3 is 0 Å². The molecule has 1 nitrogen and oxygen atoms in total. The largest absolute Gasteiger partial charge is 0.321 e. The summed E-state index contributed by atoms with van der Waals surface area (Å²) in [6.07, 6.45) is 0.710. The van der Waals surface area contributed by atoms with Gasteiger partial charge < -0.3 is 5.73 Å². The highest BCUT2D eigenvalue weighted by atomic mass is 79.9. The molecule has 0 saturated heterocycles. The minimum absolute atomic E-state index is 0.435. The SMILES string of the molecule is Cc1ccc(C(C)(N)Cc2ccc(Br)cc2Cl)cc1C. The predicted molar refractivity (Wildman–Crippen MR) is 90.3 cm³/mol. The molecule has 2 N–H and O–H groups in total. The molecule has 0 bridgehead atoms. The topological polar surface area (TPSA) is 26.0 Å². The van der Waals surface area contributed by atoms with E-state index in [1.807, 2.05) is 18.2 Å². The van der Waals surface area contributed by atoms with Crippen LogP contribution in [0.15, 0.2) is 40.9 Å². The van der Waals surface area contributed by atoms with Gasteiger partial charge in [-0.25, -0.2) is 0 Å². The van der Waals surface area contributed by atoms with Crippen LogP contribution in [0.1, 0.15) is 29.2 Å². The molecule has 20 heavy (non-hydrogen) atoms. The molecule has 0 radical (unpaired) electrons. The molecule has 2 aromatic rings. The van der Waals surface area contributed by atoms with E-state index in [4.69, 9.17) is 17.3 Å². The van der Waals surface area contributed by atoms with E-state index in [1.165, 1.54) is 11.1 Å². The summed E-state index contributed by atoms with van der Waals surface area (Å²) in [6.45, 7) is 6.27. The second-order valence-electron chi connectivity index (χ2n) is 5.63. The Balaban J connectivity index is 2.32. The Kier molecular flexibility index (Phi) is 4.58. The lowest BCUT2D eigenvalue weighted by atomic mass is 9.85. The quantitative estimate of drug-likeness (QED) is 0.813. The Morgan fingerprint density at radius 2 is 1.80 bits per heavy atom. The summed E-state index contributed by atoms with van der Waals surface area (Å²) < 4.78 is 0.983. The van der Waals surface area contributed by atoms with Crippen molar-refractivity contribution in [3.05, 3.63) is 68.1 Å². The maximum Gasteiger partial charge on any atom is 0.0450 e. The van der Waals surface area contributed by atoms with Crippen molar-refractivity contribution in [3.8, 4) is 0 Å². The zero-order valence-corrected chi connectivity index (χ0v) is 14.3. The van der Waals surface area contributed by atoms with Crippen molar-refractivity contribution in [3.63, 3.8) is 0 Å². The summed E-state index contributed by atoms with van der Waals surface area (Å²) in [5.41, 5.74) is 10.8. The first-order valence-corrected chi connectivity index (χ1v) is 7.77. The van der Waals surface area contributed by atoms with Gasteiger partial charge in [-0.2, -0.15) is 0 Å². The normalized spacial score (nSPS) is 14.1. The van der Waals surface area contributed by atoms with Crippen LogP contribution >= 0.6 is 27.5 Å². The molecule has 1 atom stereocenters. The molecule has 0 aliphatic carbocycles. The maximum atomic E-state index is 6.53. The van der Waals surface area contributed by atoms with Crippen LogP contribution in [0, 0.1) is 13.8 Å². The molecule has 1 unspecified atom stereocenters. The summed E-state index contributed by atoms with van der Waals surface area (Å²) in [6, 6.07) is 12.3. The van der Waals surface area contributed by atoms with Crippen LogP contribution in [-0.2, 0) is 12.0 Å². The third-order valence-corrected chi connectivity index (χ3v) is 4.58. The van der Waals surface area contributed by atoms with Gasteiger partial charge in [0.05, 0.1) is 0 Å². The van der Waals surface area contributed by atoms with Crippen LogP contribution in [0.2, 0.25) is 5.02 Å². The van der Waals surface area contributed by atoms with E-state index < -0.39 is 5.54 Å². The minimum Gasteiger partial charge on any atom is -0.321 e. The molecule has 0 spiro atoms. The third kappa shape index (κ3) is 3.43. The zero-order chi connectivity index (χ0) is 14.9. The van der Waals surface area contributed by atoms with Crippen LogP contribution in [0.5, 0.6) is 0 Å². The second kappa shape index (κ2) is 5.88. The second-order valence-corrected chi connectivity index (χ2v) is 6.95. The summed E-state index contributed by atoms with van der Waals surface area (Å²) >= 11 is 9.72. The van der Waals surface area contributed by atoms with Gasteiger partial charge in [0.25, 0.3) is 0 Å². The summed E-state index contributed by atoms with van der Waals surface area (Å²) in [5.74, 6) is 0. The number of aryl methyl sites for hydroxylation is 2. The van der Waals surface area contributed by atoms with E-state index in [1.54, 1.807) is 0 Å². The summed E-state index contributed by atoms with van der Waals surface area (Å²) in [4.78, 5) is 0. The summed E-state index contributed by atoms with van der Waals surface area (Å²) in [5, 5.41) is 0.750. The molecule has 0 heterocycles. The fraction of sp³-hybridized carbons (Fsp3) is 0.294. The number of rotatable bonds is 3. The highest BCUT2D eigenvalue weighted by Gasteiger charge is 2.23. The van der Waals surface area contributed by atoms with E-state index in [0.717, 1.165) is 20.6 Å². The third-order valence-electron chi connectivity index (χ3n) is 3.74. The molecule has 2 aromatic carbocycles. The monoisotopic (exact) mass is 351 g/mol. The Morgan fingerprint density at radius 1 is 1.10 bits per heavy atom. The Morgan fingerprint density at radius 3 is 2.40 bits per heavy atom. The molecule has 0 aromatic heterocycles. The van der Waals surface area contributed by atoms with Crippen molar-refractivity contribution in [2.75, 3.05) is 0 Å². The van der Waals surface area contributed by atoms with Crippen LogP contribution in [-0.4, -0.2) is 0 Å². The number of halogens is 2. The Bertz CT molecular complexity index is 635. The number of benzene rings is 2. The standard InChI is InChI=1S/C17H19BrClN/c1-11-4-6-14(8-12(11)2)17(3,20)10-13-5-7-15(18)9-16(13)19/h4-9H,10,20H2,1-3H3. The van der Waals surface area contributed by atoms with Crippen molar-refractivity contribution < 1.29 is 0 Å². The van der Waals surface area contributed by atoms with Crippen molar-refractivity contribution >= 4 is 27.5 Å². The fourth-order valence-corrected chi connectivity index (χ4v) is 3.00. The van der Waals surface area contributed by atoms with Gasteiger partial charge in [-0.3, -0.25) is 0 Å². The number of hydrogen-bond acceptors (Lipinski definition) is 1. The van der Waals surface area contributed by atoms with E-state index in [2.05, 4.69) is 54.9 Å². The van der Waals surface area contributed by atoms with Crippen LogP contribution in [0.3, 0.4) is 0 Å². The molecule has 2 rings (SSSR count). The van der Waals surface area contributed by atoms with Crippen molar-refractivity contribution in [2.24, 2.45) is 5.73 Å². The average Bonchev–Trinajstić information content (AvgIpc) is 2.36. The van der Waals surface area contributed by atoms with Crippen LogP contribution < -0.4 is 5.73 Å². The smallest absolute Gasteiger partial charge is 0.0450 e. The Hall–Kier alpha value is -0.830. The van der Waals surface area contributed by atoms with Crippen LogP contribution in [0.4, 0.5) is 0 Å². The van der Waals surface area contributed by atoms with Gasteiger partial charge in [0.15, 0.2) is 0 Å². The first-order valence-electron chi connectivity index (χ1n) is 6.60. The molecule has 3 heteroatoms. The highest BCUT2D eigenvalue weighted by Crippen LogP contribution is 2.29.